The smallest absolute Gasteiger partial charge is 0.0995 e. The second-order valence-corrected chi connectivity index (χ2v) is 4.61. The third-order valence-electron chi connectivity index (χ3n) is 3.21. The number of nitrogens with one attached hydrogen (secondary N) is 2. The molecule has 1 saturated heterocycles. The van der Waals surface area contributed by atoms with Gasteiger partial charge in [-0.05, 0) is 31.5 Å². The molecular formula is C13H17N3. The number of hydrogen-bond donors (Lipinski definition) is 2. The molecule has 1 aromatic rings. The van der Waals surface area contributed by atoms with Gasteiger partial charge in [-0.2, -0.15) is 5.26 Å². The number of nitriles is 1. The Morgan fingerprint density at radius 3 is 3.00 bits per heavy atom. The molecule has 3 heteroatoms. The SMILES string of the molecule is CC1(NCc2ccccc2C#N)CCNC1. The van der Waals surface area contributed by atoms with E-state index in [1.165, 1.54) is 0 Å². The van der Waals surface area contributed by atoms with Crippen molar-refractivity contribution in [1.82, 2.24) is 10.6 Å². The molecule has 1 fully saturated rings. The predicted molar refractivity (Wildman–Crippen MR) is 63.9 cm³/mol. The van der Waals surface area contributed by atoms with Crippen molar-refractivity contribution in [1.29, 1.82) is 5.26 Å². The summed E-state index contributed by atoms with van der Waals surface area (Å²) >= 11 is 0. The zero-order chi connectivity index (χ0) is 11.4. The minimum atomic E-state index is 0.169. The van der Waals surface area contributed by atoms with E-state index in [1.807, 2.05) is 24.3 Å². The van der Waals surface area contributed by atoms with E-state index in [0.717, 1.165) is 37.2 Å². The van der Waals surface area contributed by atoms with E-state index in [9.17, 15) is 0 Å². The first-order chi connectivity index (χ1) is 7.73. The third-order valence-corrected chi connectivity index (χ3v) is 3.21. The standard InChI is InChI=1S/C13H17N3/c1-13(6-7-15-10-13)16-9-12-5-3-2-4-11(12)8-14/h2-5,15-16H,6-7,9-10H2,1H3. The maximum absolute atomic E-state index is 8.98. The fourth-order valence-corrected chi connectivity index (χ4v) is 2.06. The van der Waals surface area contributed by atoms with Gasteiger partial charge in [0, 0.05) is 18.6 Å². The molecule has 1 heterocycles. The van der Waals surface area contributed by atoms with E-state index < -0.39 is 0 Å². The summed E-state index contributed by atoms with van der Waals surface area (Å²) in [6, 6.07) is 9.99. The minimum Gasteiger partial charge on any atom is -0.315 e. The maximum atomic E-state index is 8.98. The molecule has 0 aliphatic carbocycles. The van der Waals surface area contributed by atoms with Gasteiger partial charge in [0.1, 0.15) is 0 Å². The van der Waals surface area contributed by atoms with Gasteiger partial charge in [0.05, 0.1) is 11.6 Å². The Bertz CT molecular complexity index is 400. The van der Waals surface area contributed by atoms with Crippen LogP contribution in [0.4, 0.5) is 0 Å². The summed E-state index contributed by atoms with van der Waals surface area (Å²) in [5, 5.41) is 15.9. The van der Waals surface area contributed by atoms with Gasteiger partial charge >= 0.3 is 0 Å². The Kier molecular flexibility index (Phi) is 3.23. The van der Waals surface area contributed by atoms with Crippen LogP contribution in [0.25, 0.3) is 0 Å². The van der Waals surface area contributed by atoms with Crippen LogP contribution in [0.2, 0.25) is 0 Å². The molecule has 1 aliphatic heterocycles. The molecule has 0 saturated carbocycles. The molecule has 1 aliphatic rings. The summed E-state index contributed by atoms with van der Waals surface area (Å²) in [6.07, 6.45) is 1.14. The van der Waals surface area contributed by atoms with Crippen molar-refractivity contribution in [3.63, 3.8) is 0 Å². The van der Waals surface area contributed by atoms with E-state index in [2.05, 4.69) is 23.6 Å². The minimum absolute atomic E-state index is 0.169. The highest BCUT2D eigenvalue weighted by molar-refractivity contribution is 5.37. The molecule has 0 bridgehead atoms. The maximum Gasteiger partial charge on any atom is 0.0995 e. The van der Waals surface area contributed by atoms with Gasteiger partial charge in [0.2, 0.25) is 0 Å². The molecular weight excluding hydrogens is 198 g/mol. The van der Waals surface area contributed by atoms with Crippen molar-refractivity contribution in [3.05, 3.63) is 35.4 Å². The van der Waals surface area contributed by atoms with Crippen LogP contribution in [0.5, 0.6) is 0 Å². The van der Waals surface area contributed by atoms with Crippen molar-refractivity contribution < 1.29 is 0 Å². The number of nitrogens with zero attached hydrogens (tertiary/aromatic N) is 1. The van der Waals surface area contributed by atoms with E-state index >= 15 is 0 Å². The lowest BCUT2D eigenvalue weighted by atomic mass is 10.0. The Labute approximate surface area is 96.5 Å². The van der Waals surface area contributed by atoms with Gasteiger partial charge in [-0.25, -0.2) is 0 Å². The Balaban J connectivity index is 2.02. The summed E-state index contributed by atoms with van der Waals surface area (Å²) < 4.78 is 0. The van der Waals surface area contributed by atoms with Gasteiger partial charge < -0.3 is 10.6 Å². The van der Waals surface area contributed by atoms with Crippen LogP contribution in [0, 0.1) is 11.3 Å². The summed E-state index contributed by atoms with van der Waals surface area (Å²) in [6.45, 7) is 5.06. The normalized spacial score (nSPS) is 24.2. The van der Waals surface area contributed by atoms with Gasteiger partial charge in [0.15, 0.2) is 0 Å². The zero-order valence-corrected chi connectivity index (χ0v) is 9.59. The summed E-state index contributed by atoms with van der Waals surface area (Å²) in [5.41, 5.74) is 2.02. The molecule has 0 radical (unpaired) electrons. The highest BCUT2D eigenvalue weighted by atomic mass is 15.1. The van der Waals surface area contributed by atoms with Crippen LogP contribution in [-0.4, -0.2) is 18.6 Å². The second-order valence-electron chi connectivity index (χ2n) is 4.61. The zero-order valence-electron chi connectivity index (χ0n) is 9.59. The molecule has 0 spiro atoms. The third kappa shape index (κ3) is 2.41. The van der Waals surface area contributed by atoms with Crippen LogP contribution in [0.15, 0.2) is 24.3 Å². The average Bonchev–Trinajstić information content (AvgIpc) is 2.74. The van der Waals surface area contributed by atoms with Crippen molar-refractivity contribution in [2.75, 3.05) is 13.1 Å². The second kappa shape index (κ2) is 4.65. The van der Waals surface area contributed by atoms with E-state index in [0.29, 0.717) is 0 Å². The quantitative estimate of drug-likeness (QED) is 0.801. The first-order valence-electron chi connectivity index (χ1n) is 5.67. The van der Waals surface area contributed by atoms with Crippen LogP contribution in [-0.2, 0) is 6.54 Å². The van der Waals surface area contributed by atoms with Crippen molar-refractivity contribution in [3.8, 4) is 6.07 Å². The lowest BCUT2D eigenvalue weighted by Gasteiger charge is -2.24. The first-order valence-corrected chi connectivity index (χ1v) is 5.67. The number of hydrogen-bond acceptors (Lipinski definition) is 3. The van der Waals surface area contributed by atoms with Crippen molar-refractivity contribution in [2.24, 2.45) is 0 Å². The lowest BCUT2D eigenvalue weighted by molar-refractivity contribution is 0.385. The molecule has 1 aromatic carbocycles. The van der Waals surface area contributed by atoms with E-state index in [1.54, 1.807) is 0 Å². The Morgan fingerprint density at radius 1 is 1.50 bits per heavy atom. The number of benzene rings is 1. The van der Waals surface area contributed by atoms with Gasteiger partial charge in [-0.15, -0.1) is 0 Å². The lowest BCUT2D eigenvalue weighted by Crippen LogP contribution is -2.43. The topological polar surface area (TPSA) is 47.9 Å². The molecule has 16 heavy (non-hydrogen) atoms. The Hall–Kier alpha value is -1.37. The van der Waals surface area contributed by atoms with Gasteiger partial charge in [-0.1, -0.05) is 18.2 Å². The summed E-state index contributed by atoms with van der Waals surface area (Å²) in [4.78, 5) is 0. The molecule has 3 nitrogen and oxygen atoms in total. The predicted octanol–water partition coefficient (Wildman–Crippen LogP) is 1.40. The molecule has 2 N–H and O–H groups in total. The molecule has 0 aromatic heterocycles. The van der Waals surface area contributed by atoms with E-state index in [4.69, 9.17) is 5.26 Å². The summed E-state index contributed by atoms with van der Waals surface area (Å²) in [5.74, 6) is 0. The van der Waals surface area contributed by atoms with Crippen molar-refractivity contribution >= 4 is 0 Å². The van der Waals surface area contributed by atoms with Gasteiger partial charge in [0.25, 0.3) is 0 Å². The molecule has 1 atom stereocenters. The van der Waals surface area contributed by atoms with Gasteiger partial charge in [-0.3, -0.25) is 0 Å². The summed E-state index contributed by atoms with van der Waals surface area (Å²) in [7, 11) is 0. The van der Waals surface area contributed by atoms with Crippen LogP contribution in [0.1, 0.15) is 24.5 Å². The van der Waals surface area contributed by atoms with Crippen LogP contribution >= 0.6 is 0 Å². The largest absolute Gasteiger partial charge is 0.315 e. The van der Waals surface area contributed by atoms with Crippen molar-refractivity contribution in [2.45, 2.75) is 25.4 Å². The van der Waals surface area contributed by atoms with Crippen LogP contribution < -0.4 is 10.6 Å². The average molecular weight is 215 g/mol. The van der Waals surface area contributed by atoms with Crippen LogP contribution in [0.3, 0.4) is 0 Å². The molecule has 1 unspecified atom stereocenters. The highest BCUT2D eigenvalue weighted by Gasteiger charge is 2.27. The fraction of sp³-hybridized carbons (Fsp3) is 0.462. The number of rotatable bonds is 3. The first kappa shape index (κ1) is 11.1. The highest BCUT2D eigenvalue weighted by Crippen LogP contribution is 2.15. The Morgan fingerprint density at radius 2 is 2.31 bits per heavy atom. The fourth-order valence-electron chi connectivity index (χ4n) is 2.06. The molecule has 84 valence electrons. The monoisotopic (exact) mass is 215 g/mol. The molecule has 2 rings (SSSR count). The molecule has 0 amide bonds. The van der Waals surface area contributed by atoms with E-state index in [-0.39, 0.29) is 5.54 Å².